The van der Waals surface area contributed by atoms with Gasteiger partial charge in [-0.15, -0.1) is 10.2 Å². The monoisotopic (exact) mass is 266 g/mol. The van der Waals surface area contributed by atoms with Gasteiger partial charge in [-0.25, -0.2) is 0 Å². The maximum Gasteiger partial charge on any atom is 0.316 e. The quantitative estimate of drug-likeness (QED) is 0.817. The second kappa shape index (κ2) is 5.09. The van der Waals surface area contributed by atoms with Crippen LogP contribution in [0.5, 0.6) is 5.75 Å². The Morgan fingerprint density at radius 3 is 2.61 bits per heavy atom. The molecular formula is C11H10N2O4S. The molecule has 0 saturated heterocycles. The molecule has 0 unspecified atom stereocenters. The molecule has 0 spiro atoms. The van der Waals surface area contributed by atoms with E-state index < -0.39 is 11.2 Å². The third-order valence-corrected chi connectivity index (χ3v) is 3.07. The number of aromatic hydroxyl groups is 1. The van der Waals surface area contributed by atoms with Gasteiger partial charge in [0.05, 0.1) is 0 Å². The van der Waals surface area contributed by atoms with Crippen molar-refractivity contribution < 1.29 is 19.4 Å². The summed E-state index contributed by atoms with van der Waals surface area (Å²) in [6.07, 6.45) is 0. The number of carboxylic acids is 1. The minimum absolute atomic E-state index is 0.146. The van der Waals surface area contributed by atoms with Crippen LogP contribution >= 0.6 is 11.8 Å². The van der Waals surface area contributed by atoms with E-state index in [1.807, 2.05) is 0 Å². The average Bonchev–Trinajstić information content (AvgIpc) is 2.78. The molecule has 0 radical (unpaired) electrons. The summed E-state index contributed by atoms with van der Waals surface area (Å²) in [5, 5.41) is 25.0. The second-order valence-corrected chi connectivity index (χ2v) is 4.81. The summed E-state index contributed by atoms with van der Waals surface area (Å²) in [5.41, 5.74) is 0.662. The third-order valence-electron chi connectivity index (χ3n) is 2.15. The molecule has 2 aromatic rings. The number of carboxylic acid groups (broad SMARTS) is 1. The zero-order chi connectivity index (χ0) is 13.1. The minimum atomic E-state index is -0.940. The molecular weight excluding hydrogens is 256 g/mol. The number of phenolic OH excluding ortho intramolecular Hbond substituents is 1. The Bertz CT molecular complexity index is 552. The topological polar surface area (TPSA) is 96.5 Å². The van der Waals surface area contributed by atoms with Gasteiger partial charge in [0.15, 0.2) is 0 Å². The molecule has 6 nitrogen and oxygen atoms in total. The Hall–Kier alpha value is -2.02. The first-order valence-corrected chi connectivity index (χ1v) is 5.96. The maximum atomic E-state index is 10.7. The molecule has 1 aromatic heterocycles. The lowest BCUT2D eigenvalue weighted by Gasteiger charge is -1.99. The predicted octanol–water partition coefficient (Wildman–Crippen LogP) is 2.01. The fraction of sp³-hybridized carbons (Fsp3) is 0.182. The van der Waals surface area contributed by atoms with Crippen molar-refractivity contribution in [3.05, 3.63) is 24.3 Å². The van der Waals surface area contributed by atoms with Gasteiger partial charge >= 0.3 is 5.97 Å². The first kappa shape index (κ1) is 12.4. The summed E-state index contributed by atoms with van der Waals surface area (Å²) in [7, 11) is 0. The summed E-state index contributed by atoms with van der Waals surface area (Å²) in [6, 6.07) is 6.29. The van der Waals surface area contributed by atoms with Gasteiger partial charge < -0.3 is 14.6 Å². The fourth-order valence-corrected chi connectivity index (χ4v) is 1.80. The molecule has 94 valence electrons. The minimum Gasteiger partial charge on any atom is -0.508 e. The van der Waals surface area contributed by atoms with Gasteiger partial charge in [0.1, 0.15) is 11.0 Å². The van der Waals surface area contributed by atoms with E-state index >= 15 is 0 Å². The van der Waals surface area contributed by atoms with Gasteiger partial charge in [-0.1, -0.05) is 11.8 Å². The van der Waals surface area contributed by atoms with Gasteiger partial charge in [-0.2, -0.15) is 0 Å². The Morgan fingerprint density at radius 2 is 2.00 bits per heavy atom. The Labute approximate surface area is 107 Å². The van der Waals surface area contributed by atoms with Crippen molar-refractivity contribution in [2.75, 3.05) is 0 Å². The number of thioether (sulfide) groups is 1. The van der Waals surface area contributed by atoms with Crippen LogP contribution < -0.4 is 0 Å². The molecule has 0 aliphatic rings. The van der Waals surface area contributed by atoms with Crippen LogP contribution in [0.25, 0.3) is 11.5 Å². The second-order valence-electron chi connectivity index (χ2n) is 3.52. The molecule has 1 heterocycles. The van der Waals surface area contributed by atoms with Crippen LogP contribution in [0.15, 0.2) is 33.9 Å². The normalized spacial score (nSPS) is 12.3. The lowest BCUT2D eigenvalue weighted by Crippen LogP contribution is -2.10. The highest BCUT2D eigenvalue weighted by Crippen LogP contribution is 2.26. The van der Waals surface area contributed by atoms with Gasteiger partial charge in [0.25, 0.3) is 5.22 Å². The molecule has 0 bridgehead atoms. The highest BCUT2D eigenvalue weighted by Gasteiger charge is 2.17. The van der Waals surface area contributed by atoms with Gasteiger partial charge in [-0.3, -0.25) is 4.79 Å². The van der Waals surface area contributed by atoms with Crippen molar-refractivity contribution in [2.24, 2.45) is 0 Å². The van der Waals surface area contributed by atoms with E-state index in [-0.39, 0.29) is 16.9 Å². The lowest BCUT2D eigenvalue weighted by atomic mass is 10.2. The SMILES string of the molecule is C[C@H](Sc1nnc(-c2ccc(O)cc2)o1)C(=O)O. The van der Waals surface area contributed by atoms with E-state index in [9.17, 15) is 4.79 Å². The molecule has 1 atom stereocenters. The molecule has 0 saturated carbocycles. The van der Waals surface area contributed by atoms with Crippen LogP contribution in [0.2, 0.25) is 0 Å². The molecule has 18 heavy (non-hydrogen) atoms. The van der Waals surface area contributed by atoms with E-state index in [1.165, 1.54) is 19.1 Å². The Kier molecular flexibility index (Phi) is 3.52. The highest BCUT2D eigenvalue weighted by atomic mass is 32.2. The highest BCUT2D eigenvalue weighted by molar-refractivity contribution is 8.00. The maximum absolute atomic E-state index is 10.7. The van der Waals surface area contributed by atoms with Crippen LogP contribution in [-0.2, 0) is 4.79 Å². The number of aliphatic carboxylic acids is 1. The molecule has 7 heteroatoms. The number of phenols is 1. The number of rotatable bonds is 4. The number of nitrogens with zero attached hydrogens (tertiary/aromatic N) is 2. The third kappa shape index (κ3) is 2.80. The van der Waals surface area contributed by atoms with Crippen molar-refractivity contribution in [1.82, 2.24) is 10.2 Å². The van der Waals surface area contributed by atoms with E-state index in [4.69, 9.17) is 14.6 Å². The summed E-state index contributed by atoms with van der Waals surface area (Å²) >= 11 is 0.981. The summed E-state index contributed by atoms with van der Waals surface area (Å²) in [5.74, 6) is -0.508. The van der Waals surface area contributed by atoms with Crippen LogP contribution in [0, 0.1) is 0 Å². The van der Waals surface area contributed by atoms with Crippen molar-refractivity contribution >= 4 is 17.7 Å². The van der Waals surface area contributed by atoms with Crippen LogP contribution in [-0.4, -0.2) is 31.6 Å². The molecule has 0 aliphatic carbocycles. The number of hydrogen-bond donors (Lipinski definition) is 2. The Morgan fingerprint density at radius 1 is 1.33 bits per heavy atom. The fourth-order valence-electron chi connectivity index (χ4n) is 1.18. The molecule has 1 aromatic carbocycles. The van der Waals surface area contributed by atoms with Crippen LogP contribution in [0.4, 0.5) is 0 Å². The number of benzene rings is 1. The summed E-state index contributed by atoms with van der Waals surface area (Å²) in [6.45, 7) is 1.54. The first-order valence-electron chi connectivity index (χ1n) is 5.08. The van der Waals surface area contributed by atoms with Gasteiger partial charge in [0, 0.05) is 5.56 Å². The molecule has 2 rings (SSSR count). The van der Waals surface area contributed by atoms with E-state index in [0.29, 0.717) is 5.56 Å². The number of hydrogen-bond acceptors (Lipinski definition) is 6. The van der Waals surface area contributed by atoms with Crippen LogP contribution in [0.3, 0.4) is 0 Å². The molecule has 2 N–H and O–H groups in total. The van der Waals surface area contributed by atoms with E-state index in [0.717, 1.165) is 11.8 Å². The van der Waals surface area contributed by atoms with Gasteiger partial charge in [-0.05, 0) is 31.2 Å². The van der Waals surface area contributed by atoms with Crippen molar-refractivity contribution in [1.29, 1.82) is 0 Å². The van der Waals surface area contributed by atoms with Crippen molar-refractivity contribution in [3.8, 4) is 17.2 Å². The Balaban J connectivity index is 2.15. The number of aromatic nitrogens is 2. The predicted molar refractivity (Wildman–Crippen MR) is 64.4 cm³/mol. The largest absolute Gasteiger partial charge is 0.508 e. The van der Waals surface area contributed by atoms with E-state index in [2.05, 4.69) is 10.2 Å². The smallest absolute Gasteiger partial charge is 0.316 e. The number of carbonyl (C=O) groups is 1. The molecule has 0 aliphatic heterocycles. The molecule has 0 fully saturated rings. The summed E-state index contributed by atoms with van der Waals surface area (Å²) < 4.78 is 5.33. The average molecular weight is 266 g/mol. The van der Waals surface area contributed by atoms with Crippen molar-refractivity contribution in [3.63, 3.8) is 0 Å². The zero-order valence-electron chi connectivity index (χ0n) is 9.40. The zero-order valence-corrected chi connectivity index (χ0v) is 10.2. The van der Waals surface area contributed by atoms with Crippen LogP contribution in [0.1, 0.15) is 6.92 Å². The molecule has 0 amide bonds. The lowest BCUT2D eigenvalue weighted by molar-refractivity contribution is -0.136. The summed E-state index contributed by atoms with van der Waals surface area (Å²) in [4.78, 5) is 10.7. The van der Waals surface area contributed by atoms with Gasteiger partial charge in [0.2, 0.25) is 5.89 Å². The van der Waals surface area contributed by atoms with Crippen molar-refractivity contribution in [2.45, 2.75) is 17.4 Å². The van der Waals surface area contributed by atoms with E-state index in [1.54, 1.807) is 12.1 Å². The first-order chi connectivity index (χ1) is 8.56. The standard InChI is InChI=1S/C11H10N2O4S/c1-6(10(15)16)18-11-13-12-9(17-11)7-2-4-8(14)5-3-7/h2-6,14H,1H3,(H,15,16)/t6-/m0/s1.